The highest BCUT2D eigenvalue weighted by Crippen LogP contribution is 2.22. The summed E-state index contributed by atoms with van der Waals surface area (Å²) in [5.74, 6) is -0.619. The van der Waals surface area contributed by atoms with Gasteiger partial charge in [0.15, 0.2) is 0 Å². The second kappa shape index (κ2) is 3.20. The van der Waals surface area contributed by atoms with Gasteiger partial charge in [-0.15, -0.1) is 0 Å². The number of nitrogens with zero attached hydrogens (tertiary/aromatic N) is 2. The molecule has 1 aliphatic heterocycles. The molecular formula is C8H4BrClN2O. The number of aliphatic imine (C=N–C) groups is 2. The molecule has 3 nitrogen and oxygen atoms in total. The molecule has 0 bridgehead atoms. The average molecular weight is 259 g/mol. The summed E-state index contributed by atoms with van der Waals surface area (Å²) in [5, 5.41) is 0.00287. The van der Waals surface area contributed by atoms with Crippen LogP contribution in [0.3, 0.4) is 0 Å². The lowest BCUT2D eigenvalue weighted by molar-refractivity contribution is -0.118. The van der Waals surface area contributed by atoms with Crippen LogP contribution < -0.4 is 0 Å². The minimum Gasteiger partial charge on any atom is -0.271 e. The highest BCUT2D eigenvalue weighted by molar-refractivity contribution is 9.11. The summed E-state index contributed by atoms with van der Waals surface area (Å²) in [7, 11) is 0. The number of hydrogen-bond acceptors (Lipinski definition) is 2. The molecule has 0 N–H and O–H groups in total. The van der Waals surface area contributed by atoms with Crippen LogP contribution in [0.5, 0.6) is 0 Å². The third kappa shape index (κ3) is 1.64. The van der Waals surface area contributed by atoms with Gasteiger partial charge in [-0.25, -0.2) is 4.99 Å². The van der Waals surface area contributed by atoms with Crippen LogP contribution in [0.1, 0.15) is 0 Å². The number of carbonyl (C=O) groups is 1. The molecule has 1 atom stereocenters. The van der Waals surface area contributed by atoms with Crippen LogP contribution in [0.25, 0.3) is 0 Å². The van der Waals surface area contributed by atoms with Gasteiger partial charge in [0, 0.05) is 4.48 Å². The lowest BCUT2D eigenvalue weighted by atomic mass is 9.97. The second-order valence-corrected chi connectivity index (χ2v) is 3.88. The van der Waals surface area contributed by atoms with E-state index in [4.69, 9.17) is 11.6 Å². The zero-order chi connectivity index (χ0) is 9.42. The van der Waals surface area contributed by atoms with Gasteiger partial charge in [0.1, 0.15) is 5.92 Å². The molecule has 0 fully saturated rings. The van der Waals surface area contributed by atoms with E-state index in [9.17, 15) is 4.79 Å². The van der Waals surface area contributed by atoms with E-state index in [1.54, 1.807) is 18.2 Å². The summed E-state index contributed by atoms with van der Waals surface area (Å²) in [6.07, 6.45) is 5.31. The quantitative estimate of drug-likeness (QED) is 0.614. The van der Waals surface area contributed by atoms with Crippen LogP contribution in [0.4, 0.5) is 0 Å². The van der Waals surface area contributed by atoms with E-state index in [2.05, 4.69) is 25.9 Å². The molecule has 0 saturated heterocycles. The Bertz CT molecular complexity index is 395. The van der Waals surface area contributed by atoms with Gasteiger partial charge in [-0.1, -0.05) is 28.1 Å². The Labute approximate surface area is 88.0 Å². The van der Waals surface area contributed by atoms with Crippen LogP contribution >= 0.6 is 27.5 Å². The van der Waals surface area contributed by atoms with Crippen LogP contribution in [0, 0.1) is 5.92 Å². The van der Waals surface area contributed by atoms with Gasteiger partial charge in [0.2, 0.25) is 5.29 Å². The third-order valence-corrected chi connectivity index (χ3v) is 2.40. The number of hydrogen-bond donors (Lipinski definition) is 0. The van der Waals surface area contributed by atoms with E-state index in [1.165, 1.54) is 0 Å². The lowest BCUT2D eigenvalue weighted by Crippen LogP contribution is -2.25. The monoisotopic (exact) mass is 258 g/mol. The molecule has 2 rings (SSSR count). The van der Waals surface area contributed by atoms with Crippen LogP contribution in [-0.2, 0) is 4.79 Å². The molecule has 1 heterocycles. The van der Waals surface area contributed by atoms with Gasteiger partial charge in [0.25, 0.3) is 5.91 Å². The van der Waals surface area contributed by atoms with Crippen molar-refractivity contribution in [2.45, 2.75) is 0 Å². The smallest absolute Gasteiger partial charge is 0.261 e. The Morgan fingerprint density at radius 1 is 1.46 bits per heavy atom. The molecule has 2 aliphatic rings. The Kier molecular flexibility index (Phi) is 2.17. The summed E-state index contributed by atoms with van der Waals surface area (Å²) < 4.78 is 0.877. The number of amides is 1. The topological polar surface area (TPSA) is 41.8 Å². The van der Waals surface area contributed by atoms with Crippen molar-refractivity contribution in [3.8, 4) is 0 Å². The molecule has 0 spiro atoms. The molecule has 0 saturated carbocycles. The Morgan fingerprint density at radius 2 is 2.23 bits per heavy atom. The van der Waals surface area contributed by atoms with E-state index in [-0.39, 0.29) is 17.1 Å². The second-order valence-electron chi connectivity index (χ2n) is 2.62. The minimum atomic E-state index is -0.358. The normalized spacial score (nSPS) is 26.2. The van der Waals surface area contributed by atoms with Crippen molar-refractivity contribution in [1.29, 1.82) is 0 Å². The SMILES string of the molecule is O=C1N=C(Cl)N=C2C=C(Br)C=CC12. The molecule has 0 radical (unpaired) electrons. The first-order valence-electron chi connectivity index (χ1n) is 3.59. The van der Waals surface area contributed by atoms with E-state index in [0.29, 0.717) is 5.71 Å². The molecule has 13 heavy (non-hydrogen) atoms. The third-order valence-electron chi connectivity index (χ3n) is 1.74. The summed E-state index contributed by atoms with van der Waals surface area (Å²) in [6, 6.07) is 0. The fourth-order valence-corrected chi connectivity index (χ4v) is 1.74. The summed E-state index contributed by atoms with van der Waals surface area (Å²) >= 11 is 8.84. The van der Waals surface area contributed by atoms with Gasteiger partial charge in [-0.3, -0.25) is 4.79 Å². The molecule has 66 valence electrons. The van der Waals surface area contributed by atoms with E-state index in [1.807, 2.05) is 0 Å². The number of fused-ring (bicyclic) bond motifs is 1. The Hall–Kier alpha value is -0.740. The minimum absolute atomic E-state index is 0.00287. The Morgan fingerprint density at radius 3 is 3.00 bits per heavy atom. The molecule has 1 aliphatic carbocycles. The van der Waals surface area contributed by atoms with Crippen molar-refractivity contribution < 1.29 is 4.79 Å². The first-order chi connectivity index (χ1) is 6.16. The van der Waals surface area contributed by atoms with Crippen LogP contribution in [0.2, 0.25) is 0 Å². The molecule has 1 amide bonds. The van der Waals surface area contributed by atoms with Crippen molar-refractivity contribution in [3.05, 3.63) is 22.7 Å². The molecule has 0 aromatic carbocycles. The maximum Gasteiger partial charge on any atom is 0.261 e. The van der Waals surface area contributed by atoms with Crippen molar-refractivity contribution >= 4 is 44.4 Å². The fourth-order valence-electron chi connectivity index (χ4n) is 1.17. The number of carbonyl (C=O) groups excluding carboxylic acids is 1. The predicted molar refractivity (Wildman–Crippen MR) is 55.4 cm³/mol. The maximum atomic E-state index is 11.3. The highest BCUT2D eigenvalue weighted by Gasteiger charge is 2.26. The number of amidine groups is 1. The molecule has 5 heteroatoms. The number of allylic oxidation sites excluding steroid dienone is 3. The van der Waals surface area contributed by atoms with Gasteiger partial charge < -0.3 is 0 Å². The van der Waals surface area contributed by atoms with Crippen molar-refractivity contribution in [3.63, 3.8) is 0 Å². The van der Waals surface area contributed by atoms with Gasteiger partial charge in [-0.05, 0) is 17.7 Å². The van der Waals surface area contributed by atoms with Crippen LogP contribution in [-0.4, -0.2) is 16.9 Å². The fraction of sp³-hybridized carbons (Fsp3) is 0.125. The lowest BCUT2D eigenvalue weighted by Gasteiger charge is -2.16. The van der Waals surface area contributed by atoms with Crippen molar-refractivity contribution in [2.24, 2.45) is 15.9 Å². The maximum absolute atomic E-state index is 11.3. The Balaban J connectivity index is 2.46. The van der Waals surface area contributed by atoms with E-state index < -0.39 is 0 Å². The average Bonchev–Trinajstić information content (AvgIpc) is 2.02. The van der Waals surface area contributed by atoms with Gasteiger partial charge in [-0.2, -0.15) is 4.99 Å². The van der Waals surface area contributed by atoms with Crippen molar-refractivity contribution in [1.82, 2.24) is 0 Å². The highest BCUT2D eigenvalue weighted by atomic mass is 79.9. The predicted octanol–water partition coefficient (Wildman–Crippen LogP) is 2.03. The first kappa shape index (κ1) is 8.84. The molecule has 1 unspecified atom stereocenters. The number of halogens is 2. The standard InChI is InChI=1S/C8H4BrClN2O/c9-4-1-2-5-6(3-4)11-8(10)12-7(5)13/h1-3,5H. The van der Waals surface area contributed by atoms with Crippen LogP contribution in [0.15, 0.2) is 32.7 Å². The zero-order valence-corrected chi connectivity index (χ0v) is 8.71. The molecular weight excluding hydrogens is 255 g/mol. The summed E-state index contributed by atoms with van der Waals surface area (Å²) in [4.78, 5) is 18.8. The van der Waals surface area contributed by atoms with E-state index >= 15 is 0 Å². The summed E-state index contributed by atoms with van der Waals surface area (Å²) in [6.45, 7) is 0. The van der Waals surface area contributed by atoms with Gasteiger partial charge >= 0.3 is 0 Å². The van der Waals surface area contributed by atoms with Gasteiger partial charge in [0.05, 0.1) is 5.71 Å². The molecule has 0 aromatic heterocycles. The van der Waals surface area contributed by atoms with Crippen molar-refractivity contribution in [2.75, 3.05) is 0 Å². The van der Waals surface area contributed by atoms with E-state index in [0.717, 1.165) is 4.48 Å². The molecule has 0 aromatic rings. The number of rotatable bonds is 0. The zero-order valence-electron chi connectivity index (χ0n) is 6.37. The largest absolute Gasteiger partial charge is 0.271 e. The summed E-state index contributed by atoms with van der Waals surface area (Å²) in [5.41, 5.74) is 0.638. The first-order valence-corrected chi connectivity index (χ1v) is 4.76.